The second-order valence-electron chi connectivity index (χ2n) is 5.12. The first-order chi connectivity index (χ1) is 8.52. The number of thioether (sulfide) groups is 1. The smallest absolute Gasteiger partial charge is 0.211 e. The van der Waals surface area contributed by atoms with E-state index < -0.39 is 10.0 Å². The van der Waals surface area contributed by atoms with Gasteiger partial charge in [0, 0.05) is 38.8 Å². The Labute approximate surface area is 114 Å². The van der Waals surface area contributed by atoms with Gasteiger partial charge in [0.15, 0.2) is 0 Å². The summed E-state index contributed by atoms with van der Waals surface area (Å²) in [6.07, 6.45) is 2.54. The molecule has 2 aliphatic heterocycles. The van der Waals surface area contributed by atoms with Crippen molar-refractivity contribution in [1.82, 2.24) is 9.21 Å². The molecule has 7 heteroatoms. The van der Waals surface area contributed by atoms with Crippen molar-refractivity contribution in [2.45, 2.75) is 12.5 Å². The Bertz CT molecular complexity index is 360. The number of sulfonamides is 1. The minimum absolute atomic E-state index is 0.432. The number of piperazine rings is 1. The van der Waals surface area contributed by atoms with Crippen molar-refractivity contribution < 1.29 is 8.42 Å². The second kappa shape index (κ2) is 6.09. The van der Waals surface area contributed by atoms with Gasteiger partial charge in [-0.15, -0.1) is 0 Å². The van der Waals surface area contributed by atoms with Crippen LogP contribution in [0.5, 0.6) is 0 Å². The maximum Gasteiger partial charge on any atom is 0.211 e. The van der Waals surface area contributed by atoms with Gasteiger partial charge >= 0.3 is 0 Å². The molecule has 5 nitrogen and oxygen atoms in total. The van der Waals surface area contributed by atoms with Crippen LogP contribution >= 0.6 is 11.8 Å². The minimum Gasteiger partial charge on any atom is -0.329 e. The highest BCUT2D eigenvalue weighted by Gasteiger charge is 2.32. The highest BCUT2D eigenvalue weighted by molar-refractivity contribution is 7.99. The Kier molecular flexibility index (Phi) is 4.93. The van der Waals surface area contributed by atoms with Crippen LogP contribution in [0.3, 0.4) is 0 Å². The molecule has 2 N–H and O–H groups in total. The first-order valence-corrected chi connectivity index (χ1v) is 9.49. The Balaban J connectivity index is 1.91. The zero-order valence-corrected chi connectivity index (χ0v) is 12.5. The van der Waals surface area contributed by atoms with E-state index in [9.17, 15) is 8.42 Å². The maximum absolute atomic E-state index is 11.5. The van der Waals surface area contributed by atoms with E-state index in [1.54, 1.807) is 4.31 Å². The standard InChI is InChI=1S/C11H23N3O2S2/c1-18(15,16)14-5-3-13(4-6-14)11(8-12)10-2-7-17-9-10/h10-11H,2-9,12H2,1H3. The molecule has 0 aromatic carbocycles. The summed E-state index contributed by atoms with van der Waals surface area (Å²) in [6.45, 7) is 3.53. The van der Waals surface area contributed by atoms with Gasteiger partial charge in [-0.25, -0.2) is 8.42 Å². The fraction of sp³-hybridized carbons (Fsp3) is 1.00. The van der Waals surface area contributed by atoms with Crippen LogP contribution in [0.4, 0.5) is 0 Å². The summed E-state index contributed by atoms with van der Waals surface area (Å²) in [5.41, 5.74) is 5.92. The minimum atomic E-state index is -3.03. The molecular formula is C11H23N3O2S2. The largest absolute Gasteiger partial charge is 0.329 e. The van der Waals surface area contributed by atoms with Crippen molar-refractivity contribution in [1.29, 1.82) is 0 Å². The first kappa shape index (κ1) is 14.6. The van der Waals surface area contributed by atoms with Gasteiger partial charge in [0.2, 0.25) is 10.0 Å². The van der Waals surface area contributed by atoms with Gasteiger partial charge in [-0.2, -0.15) is 16.1 Å². The van der Waals surface area contributed by atoms with Crippen LogP contribution in [0, 0.1) is 5.92 Å². The summed E-state index contributed by atoms with van der Waals surface area (Å²) in [7, 11) is -3.03. The average Bonchev–Trinajstić information content (AvgIpc) is 2.83. The van der Waals surface area contributed by atoms with E-state index in [1.165, 1.54) is 24.2 Å². The van der Waals surface area contributed by atoms with Crippen molar-refractivity contribution in [2.24, 2.45) is 11.7 Å². The van der Waals surface area contributed by atoms with Crippen molar-refractivity contribution in [2.75, 3.05) is 50.5 Å². The molecule has 2 atom stereocenters. The summed E-state index contributed by atoms with van der Waals surface area (Å²) < 4.78 is 24.5. The third-order valence-corrected chi connectivity index (χ3v) is 6.45. The SMILES string of the molecule is CS(=O)(=O)N1CCN(C(CN)C2CCSC2)CC1. The van der Waals surface area contributed by atoms with Crippen LogP contribution in [0.15, 0.2) is 0 Å². The molecule has 0 aromatic rings. The van der Waals surface area contributed by atoms with E-state index in [4.69, 9.17) is 5.73 Å². The molecule has 0 aliphatic carbocycles. The Morgan fingerprint density at radius 3 is 2.44 bits per heavy atom. The number of nitrogens with two attached hydrogens (primary N) is 1. The van der Waals surface area contributed by atoms with Gasteiger partial charge in [-0.05, 0) is 23.8 Å². The molecule has 106 valence electrons. The lowest BCUT2D eigenvalue weighted by atomic mass is 9.97. The van der Waals surface area contributed by atoms with Gasteiger partial charge < -0.3 is 5.73 Å². The third kappa shape index (κ3) is 3.39. The van der Waals surface area contributed by atoms with E-state index in [0.29, 0.717) is 31.6 Å². The summed E-state index contributed by atoms with van der Waals surface area (Å²) >= 11 is 2.01. The van der Waals surface area contributed by atoms with E-state index >= 15 is 0 Å². The van der Waals surface area contributed by atoms with Crippen LogP contribution < -0.4 is 5.73 Å². The summed E-state index contributed by atoms with van der Waals surface area (Å²) in [5.74, 6) is 3.13. The molecule has 2 fully saturated rings. The fourth-order valence-corrected chi connectivity index (χ4v) is 5.02. The highest BCUT2D eigenvalue weighted by atomic mass is 32.2. The first-order valence-electron chi connectivity index (χ1n) is 6.49. The molecule has 0 amide bonds. The second-order valence-corrected chi connectivity index (χ2v) is 8.26. The zero-order chi connectivity index (χ0) is 13.2. The monoisotopic (exact) mass is 293 g/mol. The molecule has 0 spiro atoms. The van der Waals surface area contributed by atoms with Crippen LogP contribution in [-0.2, 0) is 10.0 Å². The van der Waals surface area contributed by atoms with E-state index in [2.05, 4.69) is 4.90 Å². The summed E-state index contributed by atoms with van der Waals surface area (Å²) in [5, 5.41) is 0. The number of hydrogen-bond acceptors (Lipinski definition) is 5. The molecule has 2 heterocycles. The third-order valence-electron chi connectivity index (χ3n) is 3.96. The normalized spacial score (nSPS) is 29.6. The van der Waals surface area contributed by atoms with Gasteiger partial charge in [0.1, 0.15) is 0 Å². The zero-order valence-electron chi connectivity index (χ0n) is 10.9. The summed E-state index contributed by atoms with van der Waals surface area (Å²) in [6, 6.07) is 0.432. The molecule has 0 bridgehead atoms. The quantitative estimate of drug-likeness (QED) is 0.767. The van der Waals surface area contributed by atoms with Crippen LogP contribution in [0.25, 0.3) is 0 Å². The Morgan fingerprint density at radius 1 is 1.33 bits per heavy atom. The van der Waals surface area contributed by atoms with E-state index in [0.717, 1.165) is 13.1 Å². The summed E-state index contributed by atoms with van der Waals surface area (Å²) in [4.78, 5) is 2.39. The molecule has 2 rings (SSSR count). The van der Waals surface area contributed by atoms with Crippen molar-refractivity contribution >= 4 is 21.8 Å². The van der Waals surface area contributed by atoms with Gasteiger partial charge in [-0.3, -0.25) is 4.90 Å². The van der Waals surface area contributed by atoms with Crippen LogP contribution in [-0.4, -0.2) is 74.2 Å². The van der Waals surface area contributed by atoms with Gasteiger partial charge in [-0.1, -0.05) is 0 Å². The average molecular weight is 293 g/mol. The molecule has 0 saturated carbocycles. The maximum atomic E-state index is 11.5. The lowest BCUT2D eigenvalue weighted by Crippen LogP contribution is -2.55. The van der Waals surface area contributed by atoms with Gasteiger partial charge in [0.05, 0.1) is 6.26 Å². The molecule has 0 radical (unpaired) electrons. The lowest BCUT2D eigenvalue weighted by Gasteiger charge is -2.40. The number of hydrogen-bond donors (Lipinski definition) is 1. The molecule has 2 saturated heterocycles. The number of nitrogens with zero attached hydrogens (tertiary/aromatic N) is 2. The molecular weight excluding hydrogens is 270 g/mol. The van der Waals surface area contributed by atoms with Crippen LogP contribution in [0.1, 0.15) is 6.42 Å². The molecule has 18 heavy (non-hydrogen) atoms. The Hall–Kier alpha value is 0.180. The Morgan fingerprint density at radius 2 is 2.00 bits per heavy atom. The van der Waals surface area contributed by atoms with E-state index in [1.807, 2.05) is 11.8 Å². The molecule has 2 aliphatic rings. The van der Waals surface area contributed by atoms with Crippen molar-refractivity contribution in [3.8, 4) is 0 Å². The molecule has 0 aromatic heterocycles. The predicted octanol–water partition coefficient (Wildman–Crippen LogP) is -0.356. The van der Waals surface area contributed by atoms with Crippen molar-refractivity contribution in [3.05, 3.63) is 0 Å². The molecule has 2 unspecified atom stereocenters. The fourth-order valence-electron chi connectivity index (χ4n) is 2.86. The predicted molar refractivity (Wildman–Crippen MR) is 76.3 cm³/mol. The number of rotatable bonds is 4. The highest BCUT2D eigenvalue weighted by Crippen LogP contribution is 2.29. The van der Waals surface area contributed by atoms with Crippen LogP contribution in [0.2, 0.25) is 0 Å². The van der Waals surface area contributed by atoms with E-state index in [-0.39, 0.29) is 0 Å². The lowest BCUT2D eigenvalue weighted by molar-refractivity contribution is 0.110. The van der Waals surface area contributed by atoms with Crippen molar-refractivity contribution in [3.63, 3.8) is 0 Å². The van der Waals surface area contributed by atoms with Gasteiger partial charge in [0.25, 0.3) is 0 Å². The topological polar surface area (TPSA) is 66.6 Å².